The van der Waals surface area contributed by atoms with Gasteiger partial charge in [-0.3, -0.25) is 0 Å². The number of aryl methyl sites for hydroxylation is 1. The average Bonchev–Trinajstić information content (AvgIpc) is 3.00. The highest BCUT2D eigenvalue weighted by Crippen LogP contribution is 2.13. The Labute approximate surface area is 120 Å². The van der Waals surface area contributed by atoms with Crippen LogP contribution in [0.4, 0.5) is 0 Å². The van der Waals surface area contributed by atoms with Crippen molar-refractivity contribution in [2.75, 3.05) is 0 Å². The van der Waals surface area contributed by atoms with E-state index in [0.717, 1.165) is 10.9 Å². The van der Waals surface area contributed by atoms with Crippen molar-refractivity contribution >= 4 is 16.9 Å². The van der Waals surface area contributed by atoms with Gasteiger partial charge in [0.1, 0.15) is 5.69 Å². The van der Waals surface area contributed by atoms with E-state index in [9.17, 15) is 4.79 Å². The molecule has 0 bridgehead atoms. The van der Waals surface area contributed by atoms with E-state index in [1.807, 2.05) is 37.3 Å². The van der Waals surface area contributed by atoms with Crippen LogP contribution in [-0.4, -0.2) is 21.2 Å². The fourth-order valence-electron chi connectivity index (χ4n) is 1.87. The molecule has 3 aromatic rings. The lowest BCUT2D eigenvalue weighted by Gasteiger charge is -2.03. The van der Waals surface area contributed by atoms with Gasteiger partial charge >= 0.3 is 5.97 Å². The SMILES string of the molecule is CCc1nnc(COC(=O)c2ccc3ccccc3n2)o1. The van der Waals surface area contributed by atoms with Crippen molar-refractivity contribution < 1.29 is 13.9 Å². The van der Waals surface area contributed by atoms with Crippen molar-refractivity contribution in [3.63, 3.8) is 0 Å². The van der Waals surface area contributed by atoms with Gasteiger partial charge in [-0.2, -0.15) is 0 Å². The highest BCUT2D eigenvalue weighted by molar-refractivity contribution is 5.90. The molecule has 1 aromatic carbocycles. The van der Waals surface area contributed by atoms with E-state index in [1.165, 1.54) is 0 Å². The maximum Gasteiger partial charge on any atom is 0.357 e. The van der Waals surface area contributed by atoms with Gasteiger partial charge in [-0.25, -0.2) is 9.78 Å². The summed E-state index contributed by atoms with van der Waals surface area (Å²) >= 11 is 0. The molecule has 0 saturated carbocycles. The third-order valence-corrected chi connectivity index (χ3v) is 2.95. The van der Waals surface area contributed by atoms with Gasteiger partial charge < -0.3 is 9.15 Å². The zero-order valence-electron chi connectivity index (χ0n) is 11.4. The molecule has 0 amide bonds. The Morgan fingerprint density at radius 2 is 1.95 bits per heavy atom. The van der Waals surface area contributed by atoms with E-state index in [4.69, 9.17) is 9.15 Å². The second kappa shape index (κ2) is 5.70. The van der Waals surface area contributed by atoms with Crippen LogP contribution in [0.3, 0.4) is 0 Å². The van der Waals surface area contributed by atoms with Gasteiger partial charge in [0.2, 0.25) is 5.89 Å². The predicted molar refractivity (Wildman–Crippen MR) is 74.5 cm³/mol. The number of rotatable bonds is 4. The fourth-order valence-corrected chi connectivity index (χ4v) is 1.87. The monoisotopic (exact) mass is 283 g/mol. The summed E-state index contributed by atoms with van der Waals surface area (Å²) in [5.74, 6) is 0.280. The molecular weight excluding hydrogens is 270 g/mol. The second-order valence-corrected chi connectivity index (χ2v) is 4.41. The molecule has 0 radical (unpaired) electrons. The molecule has 0 aliphatic carbocycles. The number of benzene rings is 1. The molecule has 0 N–H and O–H groups in total. The maximum atomic E-state index is 12.0. The Hall–Kier alpha value is -2.76. The molecule has 6 nitrogen and oxygen atoms in total. The van der Waals surface area contributed by atoms with E-state index in [0.29, 0.717) is 12.3 Å². The van der Waals surface area contributed by atoms with Crippen molar-refractivity contribution in [3.8, 4) is 0 Å². The van der Waals surface area contributed by atoms with Crippen LogP contribution in [0.2, 0.25) is 0 Å². The van der Waals surface area contributed by atoms with E-state index >= 15 is 0 Å². The van der Waals surface area contributed by atoms with Gasteiger partial charge in [0.05, 0.1) is 5.52 Å². The molecule has 0 spiro atoms. The first kappa shape index (κ1) is 13.2. The van der Waals surface area contributed by atoms with Gasteiger partial charge in [-0.05, 0) is 12.1 Å². The van der Waals surface area contributed by atoms with Crippen molar-refractivity contribution in [1.29, 1.82) is 0 Å². The lowest BCUT2D eigenvalue weighted by Crippen LogP contribution is -2.07. The van der Waals surface area contributed by atoms with Crippen LogP contribution in [0, 0.1) is 0 Å². The van der Waals surface area contributed by atoms with Crippen LogP contribution in [-0.2, 0) is 17.8 Å². The van der Waals surface area contributed by atoms with Crippen molar-refractivity contribution in [3.05, 3.63) is 53.9 Å². The van der Waals surface area contributed by atoms with Gasteiger partial charge in [0.25, 0.3) is 5.89 Å². The molecule has 0 unspecified atom stereocenters. The zero-order chi connectivity index (χ0) is 14.7. The van der Waals surface area contributed by atoms with Crippen molar-refractivity contribution in [2.24, 2.45) is 0 Å². The molecule has 3 rings (SSSR count). The zero-order valence-corrected chi connectivity index (χ0v) is 11.4. The summed E-state index contributed by atoms with van der Waals surface area (Å²) in [6.07, 6.45) is 0.646. The van der Waals surface area contributed by atoms with Crippen LogP contribution >= 0.6 is 0 Å². The Bertz CT molecular complexity index is 782. The number of hydrogen-bond donors (Lipinski definition) is 0. The van der Waals surface area contributed by atoms with E-state index < -0.39 is 5.97 Å². The van der Waals surface area contributed by atoms with Crippen LogP contribution in [0.5, 0.6) is 0 Å². The Balaban J connectivity index is 1.71. The Kier molecular flexibility index (Phi) is 3.59. The fraction of sp³-hybridized carbons (Fsp3) is 0.200. The number of aromatic nitrogens is 3. The average molecular weight is 283 g/mol. The van der Waals surface area contributed by atoms with Gasteiger partial charge in [0.15, 0.2) is 6.61 Å². The first-order valence-electron chi connectivity index (χ1n) is 6.60. The number of pyridine rings is 1. The van der Waals surface area contributed by atoms with Crippen LogP contribution in [0.15, 0.2) is 40.8 Å². The molecule has 0 aliphatic rings. The highest BCUT2D eigenvalue weighted by Gasteiger charge is 2.12. The van der Waals surface area contributed by atoms with E-state index in [-0.39, 0.29) is 18.2 Å². The normalized spacial score (nSPS) is 10.7. The van der Waals surface area contributed by atoms with Gasteiger partial charge in [-0.15, -0.1) is 10.2 Å². The largest absolute Gasteiger partial charge is 0.451 e. The highest BCUT2D eigenvalue weighted by atomic mass is 16.5. The quantitative estimate of drug-likeness (QED) is 0.685. The number of esters is 1. The van der Waals surface area contributed by atoms with E-state index in [1.54, 1.807) is 6.07 Å². The third kappa shape index (κ3) is 2.89. The minimum atomic E-state index is -0.517. The molecule has 0 atom stereocenters. The summed E-state index contributed by atoms with van der Waals surface area (Å²) in [6.45, 7) is 1.85. The topological polar surface area (TPSA) is 78.1 Å². The number of nitrogens with zero attached hydrogens (tertiary/aromatic N) is 3. The molecule has 6 heteroatoms. The summed E-state index contributed by atoms with van der Waals surface area (Å²) < 4.78 is 10.4. The lowest BCUT2D eigenvalue weighted by atomic mass is 10.2. The number of carbonyl (C=O) groups excluding carboxylic acids is 1. The molecule has 106 valence electrons. The second-order valence-electron chi connectivity index (χ2n) is 4.41. The molecular formula is C15H13N3O3. The molecule has 2 aromatic heterocycles. The van der Waals surface area contributed by atoms with Crippen molar-refractivity contribution in [2.45, 2.75) is 20.0 Å². The smallest absolute Gasteiger partial charge is 0.357 e. The number of para-hydroxylation sites is 1. The minimum absolute atomic E-state index is 0.0552. The summed E-state index contributed by atoms with van der Waals surface area (Å²) in [6, 6.07) is 11.0. The van der Waals surface area contributed by atoms with Crippen molar-refractivity contribution in [1.82, 2.24) is 15.2 Å². The Morgan fingerprint density at radius 1 is 1.14 bits per heavy atom. The molecule has 21 heavy (non-hydrogen) atoms. The molecule has 0 aliphatic heterocycles. The number of fused-ring (bicyclic) bond motifs is 1. The third-order valence-electron chi connectivity index (χ3n) is 2.95. The number of hydrogen-bond acceptors (Lipinski definition) is 6. The standard InChI is InChI=1S/C15H13N3O3/c1-2-13-17-18-14(21-13)9-20-15(19)12-8-7-10-5-3-4-6-11(10)16-12/h3-8H,2,9H2,1H3. The van der Waals surface area contributed by atoms with Crippen LogP contribution < -0.4 is 0 Å². The minimum Gasteiger partial charge on any atom is -0.451 e. The molecule has 0 fully saturated rings. The summed E-state index contributed by atoms with van der Waals surface area (Å²) in [7, 11) is 0. The Morgan fingerprint density at radius 3 is 2.76 bits per heavy atom. The number of ether oxygens (including phenoxy) is 1. The summed E-state index contributed by atoms with van der Waals surface area (Å²) in [5.41, 5.74) is 1.00. The summed E-state index contributed by atoms with van der Waals surface area (Å²) in [5, 5.41) is 8.56. The molecule has 0 saturated heterocycles. The van der Waals surface area contributed by atoms with Crippen LogP contribution in [0.25, 0.3) is 10.9 Å². The first-order chi connectivity index (χ1) is 10.3. The van der Waals surface area contributed by atoms with Gasteiger partial charge in [-0.1, -0.05) is 31.2 Å². The first-order valence-corrected chi connectivity index (χ1v) is 6.60. The van der Waals surface area contributed by atoms with Gasteiger partial charge in [0, 0.05) is 11.8 Å². The molecule has 2 heterocycles. The van der Waals surface area contributed by atoms with E-state index in [2.05, 4.69) is 15.2 Å². The predicted octanol–water partition coefficient (Wildman–Crippen LogP) is 2.54. The van der Waals surface area contributed by atoms with Crippen LogP contribution in [0.1, 0.15) is 29.2 Å². The number of carbonyl (C=O) groups is 1. The lowest BCUT2D eigenvalue weighted by molar-refractivity contribution is 0.0430. The maximum absolute atomic E-state index is 12.0. The summed E-state index contributed by atoms with van der Waals surface area (Å²) in [4.78, 5) is 16.2.